The van der Waals surface area contributed by atoms with Gasteiger partial charge in [-0.2, -0.15) is 10.5 Å². The summed E-state index contributed by atoms with van der Waals surface area (Å²) in [7, 11) is 0. The van der Waals surface area contributed by atoms with E-state index in [2.05, 4.69) is 53.5 Å². The molecule has 0 unspecified atom stereocenters. The lowest BCUT2D eigenvalue weighted by atomic mass is 10.1. The van der Waals surface area contributed by atoms with Crippen molar-refractivity contribution in [2.24, 2.45) is 0 Å². The molecule has 0 atom stereocenters. The maximum atomic E-state index is 8.28. The summed E-state index contributed by atoms with van der Waals surface area (Å²) >= 11 is 0. The standard InChI is InChI=1S/C10H8.C5H2N4/c1-2-6-10-8-4-3-7-9(10)5-1;6-1-5-2-8-4-9(5)3-7/h1-8H;2,4H. The van der Waals surface area contributed by atoms with Crippen LogP contribution in [0, 0.1) is 22.8 Å². The van der Waals surface area contributed by atoms with Crippen molar-refractivity contribution in [1.82, 2.24) is 9.55 Å². The van der Waals surface area contributed by atoms with Crippen molar-refractivity contribution >= 4 is 10.8 Å². The van der Waals surface area contributed by atoms with Gasteiger partial charge in [-0.25, -0.2) is 9.55 Å². The Bertz CT molecular complexity index is 665. The molecule has 3 rings (SSSR count). The summed E-state index contributed by atoms with van der Waals surface area (Å²) < 4.78 is 1.10. The third kappa shape index (κ3) is 2.96. The first-order valence-corrected chi connectivity index (χ1v) is 5.61. The van der Waals surface area contributed by atoms with Gasteiger partial charge in [0, 0.05) is 0 Å². The van der Waals surface area contributed by atoms with Crippen molar-refractivity contribution in [3.8, 4) is 12.3 Å². The van der Waals surface area contributed by atoms with Crippen molar-refractivity contribution in [1.29, 1.82) is 10.5 Å². The minimum Gasteiger partial charge on any atom is -0.243 e. The Morgan fingerprint density at radius 3 is 1.79 bits per heavy atom. The van der Waals surface area contributed by atoms with E-state index in [1.165, 1.54) is 23.3 Å². The van der Waals surface area contributed by atoms with Crippen LogP contribution in [0.5, 0.6) is 0 Å². The summed E-state index contributed by atoms with van der Waals surface area (Å²) in [5.74, 6) is 0. The lowest BCUT2D eigenvalue weighted by Crippen LogP contribution is -1.87. The van der Waals surface area contributed by atoms with Gasteiger partial charge in [-0.05, 0) is 10.8 Å². The van der Waals surface area contributed by atoms with Gasteiger partial charge in [0.2, 0.25) is 0 Å². The number of benzene rings is 2. The van der Waals surface area contributed by atoms with Gasteiger partial charge < -0.3 is 0 Å². The number of aromatic nitrogens is 2. The highest BCUT2D eigenvalue weighted by atomic mass is 15.0. The van der Waals surface area contributed by atoms with Crippen LogP contribution in [0.15, 0.2) is 61.1 Å². The van der Waals surface area contributed by atoms with E-state index >= 15 is 0 Å². The molecule has 90 valence electrons. The molecular formula is C15H10N4. The summed E-state index contributed by atoms with van der Waals surface area (Å²) in [6.07, 6.45) is 4.38. The molecule has 4 nitrogen and oxygen atoms in total. The van der Waals surface area contributed by atoms with Crippen LogP contribution in [0.1, 0.15) is 5.69 Å². The number of hydrogen-bond acceptors (Lipinski definition) is 3. The average molecular weight is 246 g/mol. The van der Waals surface area contributed by atoms with Crippen molar-refractivity contribution in [2.75, 3.05) is 0 Å². The SMILES string of the molecule is N#Cc1cncn1C#N.c1ccc2ccccc2c1. The van der Waals surface area contributed by atoms with Crippen LogP contribution in [-0.2, 0) is 0 Å². The minimum atomic E-state index is 0.262. The van der Waals surface area contributed by atoms with E-state index < -0.39 is 0 Å². The van der Waals surface area contributed by atoms with Crippen LogP contribution >= 0.6 is 0 Å². The predicted molar refractivity (Wildman–Crippen MR) is 71.9 cm³/mol. The second-order valence-electron chi connectivity index (χ2n) is 3.71. The van der Waals surface area contributed by atoms with Gasteiger partial charge in [-0.15, -0.1) is 0 Å². The zero-order valence-electron chi connectivity index (χ0n) is 10.1. The van der Waals surface area contributed by atoms with Crippen molar-refractivity contribution in [2.45, 2.75) is 0 Å². The Morgan fingerprint density at radius 2 is 1.42 bits per heavy atom. The van der Waals surface area contributed by atoms with Crippen LogP contribution in [0.4, 0.5) is 0 Å². The van der Waals surface area contributed by atoms with E-state index in [0.717, 1.165) is 4.57 Å². The molecule has 0 N–H and O–H groups in total. The van der Waals surface area contributed by atoms with E-state index in [1.807, 2.05) is 0 Å². The summed E-state index contributed by atoms with van der Waals surface area (Å²) in [5.41, 5.74) is 0.262. The quantitative estimate of drug-likeness (QED) is 0.612. The summed E-state index contributed by atoms with van der Waals surface area (Å²) in [6, 6.07) is 18.5. The smallest absolute Gasteiger partial charge is 0.190 e. The molecule has 0 saturated carbocycles. The lowest BCUT2D eigenvalue weighted by molar-refractivity contribution is 1.06. The zero-order valence-corrected chi connectivity index (χ0v) is 10.1. The molecule has 19 heavy (non-hydrogen) atoms. The number of fused-ring (bicyclic) bond motifs is 1. The summed E-state index contributed by atoms with van der Waals surface area (Å²) in [6.45, 7) is 0. The monoisotopic (exact) mass is 246 g/mol. The zero-order chi connectivity index (χ0) is 13.5. The highest BCUT2D eigenvalue weighted by molar-refractivity contribution is 5.81. The topological polar surface area (TPSA) is 65.4 Å². The molecule has 0 spiro atoms. The van der Waals surface area contributed by atoms with E-state index in [0.29, 0.717) is 0 Å². The number of nitrogens with zero attached hydrogens (tertiary/aromatic N) is 4. The van der Waals surface area contributed by atoms with E-state index in [9.17, 15) is 0 Å². The average Bonchev–Trinajstić information content (AvgIpc) is 2.95. The van der Waals surface area contributed by atoms with E-state index in [4.69, 9.17) is 10.5 Å². The maximum Gasteiger partial charge on any atom is 0.190 e. The minimum absolute atomic E-state index is 0.262. The highest BCUT2D eigenvalue weighted by Gasteiger charge is 1.95. The first-order chi connectivity index (χ1) is 9.35. The van der Waals surface area contributed by atoms with Crippen molar-refractivity contribution < 1.29 is 0 Å². The third-order valence-electron chi connectivity index (χ3n) is 2.52. The Labute approximate surface area is 110 Å². The van der Waals surface area contributed by atoms with Gasteiger partial charge in [0.15, 0.2) is 11.9 Å². The molecule has 0 amide bonds. The number of rotatable bonds is 0. The molecule has 4 heteroatoms. The van der Waals surface area contributed by atoms with E-state index in [-0.39, 0.29) is 5.69 Å². The maximum absolute atomic E-state index is 8.28. The Hall–Kier alpha value is -3.11. The Morgan fingerprint density at radius 1 is 0.895 bits per heavy atom. The Kier molecular flexibility index (Phi) is 3.90. The van der Waals surface area contributed by atoms with Gasteiger partial charge in [0.05, 0.1) is 6.20 Å². The molecule has 0 bridgehead atoms. The van der Waals surface area contributed by atoms with Crippen LogP contribution in [0.2, 0.25) is 0 Å². The molecule has 0 saturated heterocycles. The fraction of sp³-hybridized carbons (Fsp3) is 0. The molecule has 3 aromatic rings. The van der Waals surface area contributed by atoms with Gasteiger partial charge >= 0.3 is 0 Å². The largest absolute Gasteiger partial charge is 0.243 e. The fourth-order valence-corrected chi connectivity index (χ4v) is 1.59. The van der Waals surface area contributed by atoms with Crippen LogP contribution in [0.3, 0.4) is 0 Å². The first kappa shape index (κ1) is 12.3. The molecular weight excluding hydrogens is 236 g/mol. The molecule has 0 fully saturated rings. The second kappa shape index (κ2) is 6.00. The molecule has 0 aliphatic carbocycles. The molecule has 0 aliphatic rings. The van der Waals surface area contributed by atoms with Gasteiger partial charge in [0.25, 0.3) is 0 Å². The molecule has 0 aliphatic heterocycles. The number of hydrogen-bond donors (Lipinski definition) is 0. The molecule has 1 heterocycles. The molecule has 0 radical (unpaired) electrons. The number of nitriles is 2. The van der Waals surface area contributed by atoms with Crippen LogP contribution in [-0.4, -0.2) is 9.55 Å². The molecule has 2 aromatic carbocycles. The highest BCUT2D eigenvalue weighted by Crippen LogP contribution is 2.11. The summed E-state index contributed by atoms with van der Waals surface area (Å²) in [4.78, 5) is 3.58. The van der Waals surface area contributed by atoms with E-state index in [1.54, 1.807) is 12.3 Å². The first-order valence-electron chi connectivity index (χ1n) is 5.61. The second-order valence-corrected chi connectivity index (χ2v) is 3.71. The van der Waals surface area contributed by atoms with Crippen LogP contribution < -0.4 is 0 Å². The predicted octanol–water partition coefficient (Wildman–Crippen LogP) is 2.92. The van der Waals surface area contributed by atoms with Gasteiger partial charge in [-0.3, -0.25) is 0 Å². The van der Waals surface area contributed by atoms with Gasteiger partial charge in [-0.1, -0.05) is 48.5 Å². The molecule has 1 aromatic heterocycles. The fourth-order valence-electron chi connectivity index (χ4n) is 1.59. The number of imidazole rings is 1. The van der Waals surface area contributed by atoms with Crippen LogP contribution in [0.25, 0.3) is 10.8 Å². The Balaban J connectivity index is 0.000000141. The lowest BCUT2D eigenvalue weighted by Gasteiger charge is -1.92. The normalized spacial score (nSPS) is 8.95. The summed E-state index contributed by atoms with van der Waals surface area (Å²) in [5, 5.41) is 19.2. The van der Waals surface area contributed by atoms with Crippen molar-refractivity contribution in [3.63, 3.8) is 0 Å². The van der Waals surface area contributed by atoms with Crippen molar-refractivity contribution in [3.05, 3.63) is 66.7 Å². The van der Waals surface area contributed by atoms with Gasteiger partial charge in [0.1, 0.15) is 12.4 Å². The third-order valence-corrected chi connectivity index (χ3v) is 2.52.